The fraction of sp³-hybridized carbons (Fsp3) is 0.545. The van der Waals surface area contributed by atoms with Crippen molar-refractivity contribution in [3.63, 3.8) is 0 Å². The molecule has 5 nitrogen and oxygen atoms in total. The molecule has 0 radical (unpaired) electrons. The van der Waals surface area contributed by atoms with Crippen LogP contribution in [0.2, 0.25) is 5.15 Å². The fourth-order valence-corrected chi connectivity index (χ4v) is 2.12. The van der Waals surface area contributed by atoms with Gasteiger partial charge < -0.3 is 9.80 Å². The van der Waals surface area contributed by atoms with E-state index in [1.54, 1.807) is 12.1 Å². The Bertz CT molecular complexity index is 408. The van der Waals surface area contributed by atoms with Gasteiger partial charge in [-0.25, -0.2) is 0 Å². The van der Waals surface area contributed by atoms with Crippen LogP contribution in [0.25, 0.3) is 0 Å². The van der Waals surface area contributed by atoms with Gasteiger partial charge in [0.05, 0.1) is 0 Å². The molecule has 1 aromatic heterocycles. The van der Waals surface area contributed by atoms with E-state index in [1.807, 2.05) is 11.8 Å². The van der Waals surface area contributed by atoms with Crippen LogP contribution in [-0.2, 0) is 0 Å². The third kappa shape index (κ3) is 2.73. The van der Waals surface area contributed by atoms with Crippen molar-refractivity contribution in [1.82, 2.24) is 20.0 Å². The lowest BCUT2D eigenvalue weighted by molar-refractivity contribution is 0.0526. The van der Waals surface area contributed by atoms with Gasteiger partial charge in [0.15, 0.2) is 10.8 Å². The predicted molar refractivity (Wildman–Crippen MR) is 65.0 cm³/mol. The molecule has 0 bridgehead atoms. The maximum absolute atomic E-state index is 12.2. The number of aromatic nitrogens is 2. The molecule has 1 unspecified atom stereocenters. The van der Waals surface area contributed by atoms with Crippen LogP contribution in [0.5, 0.6) is 0 Å². The lowest BCUT2D eigenvalue weighted by Gasteiger charge is -2.37. The number of nitrogens with zero attached hydrogens (tertiary/aromatic N) is 4. The van der Waals surface area contributed by atoms with Gasteiger partial charge in [-0.15, -0.1) is 10.2 Å². The van der Waals surface area contributed by atoms with Gasteiger partial charge in [0.1, 0.15) is 0 Å². The SMILES string of the molecule is CC1CN(C)CCN1C(=O)c1ccc(Cl)nn1. The summed E-state index contributed by atoms with van der Waals surface area (Å²) in [5.41, 5.74) is 0.353. The largest absolute Gasteiger partial charge is 0.332 e. The summed E-state index contributed by atoms with van der Waals surface area (Å²) in [6, 6.07) is 3.39. The Morgan fingerprint density at radius 1 is 1.41 bits per heavy atom. The Kier molecular flexibility index (Phi) is 3.59. The van der Waals surface area contributed by atoms with Crippen molar-refractivity contribution < 1.29 is 4.79 Å². The number of piperazine rings is 1. The molecule has 0 aromatic carbocycles. The van der Waals surface area contributed by atoms with Crippen LogP contribution >= 0.6 is 11.6 Å². The molecule has 2 heterocycles. The van der Waals surface area contributed by atoms with Crippen LogP contribution in [0.1, 0.15) is 17.4 Å². The van der Waals surface area contributed by atoms with Gasteiger partial charge in [-0.05, 0) is 26.1 Å². The average molecular weight is 255 g/mol. The van der Waals surface area contributed by atoms with E-state index in [1.165, 1.54) is 0 Å². The van der Waals surface area contributed by atoms with E-state index >= 15 is 0 Å². The van der Waals surface area contributed by atoms with E-state index in [2.05, 4.69) is 22.1 Å². The molecule has 2 rings (SSSR count). The zero-order valence-electron chi connectivity index (χ0n) is 9.93. The molecule has 0 aliphatic carbocycles. The highest BCUT2D eigenvalue weighted by atomic mass is 35.5. The molecule has 1 amide bonds. The molecule has 0 spiro atoms. The molecule has 1 saturated heterocycles. The van der Waals surface area contributed by atoms with Gasteiger partial charge in [0, 0.05) is 25.7 Å². The standard InChI is InChI=1S/C11H15ClN4O/c1-8-7-15(2)5-6-16(8)11(17)9-3-4-10(12)14-13-9/h3-4,8H,5-7H2,1-2H3. The summed E-state index contributed by atoms with van der Waals surface area (Å²) in [5.74, 6) is -0.0743. The minimum absolute atomic E-state index is 0.0743. The second-order valence-corrected chi connectivity index (χ2v) is 4.74. The summed E-state index contributed by atoms with van der Waals surface area (Å²) in [6.07, 6.45) is 0. The lowest BCUT2D eigenvalue weighted by atomic mass is 10.2. The van der Waals surface area contributed by atoms with E-state index < -0.39 is 0 Å². The third-order valence-electron chi connectivity index (χ3n) is 2.94. The van der Waals surface area contributed by atoms with Crippen LogP contribution in [0.4, 0.5) is 0 Å². The van der Waals surface area contributed by atoms with E-state index in [0.29, 0.717) is 10.8 Å². The summed E-state index contributed by atoms with van der Waals surface area (Å²) in [7, 11) is 2.06. The fourth-order valence-electron chi connectivity index (χ4n) is 2.02. The first kappa shape index (κ1) is 12.3. The normalized spacial score (nSPS) is 21.6. The number of halogens is 1. The van der Waals surface area contributed by atoms with Crippen molar-refractivity contribution in [2.45, 2.75) is 13.0 Å². The number of hydrogen-bond acceptors (Lipinski definition) is 4. The topological polar surface area (TPSA) is 49.3 Å². The monoisotopic (exact) mass is 254 g/mol. The highest BCUT2D eigenvalue weighted by molar-refractivity contribution is 6.29. The van der Waals surface area contributed by atoms with Gasteiger partial charge >= 0.3 is 0 Å². The van der Waals surface area contributed by atoms with Crippen molar-refractivity contribution in [2.24, 2.45) is 0 Å². The second-order valence-electron chi connectivity index (χ2n) is 4.35. The van der Waals surface area contributed by atoms with Gasteiger partial charge in [-0.3, -0.25) is 4.79 Å². The van der Waals surface area contributed by atoms with Crippen LogP contribution in [0.15, 0.2) is 12.1 Å². The van der Waals surface area contributed by atoms with Crippen molar-refractivity contribution in [2.75, 3.05) is 26.7 Å². The van der Waals surface area contributed by atoms with E-state index in [-0.39, 0.29) is 11.9 Å². The number of carbonyl (C=O) groups excluding carboxylic acids is 1. The van der Waals surface area contributed by atoms with Crippen LogP contribution in [-0.4, -0.2) is 58.6 Å². The number of amides is 1. The molecule has 1 aliphatic rings. The van der Waals surface area contributed by atoms with Gasteiger partial charge in [-0.1, -0.05) is 11.6 Å². The summed E-state index contributed by atoms with van der Waals surface area (Å²) in [4.78, 5) is 16.2. The molecule has 92 valence electrons. The molecule has 1 fully saturated rings. The van der Waals surface area contributed by atoms with Crippen LogP contribution < -0.4 is 0 Å². The molecule has 0 saturated carbocycles. The molecule has 0 N–H and O–H groups in total. The van der Waals surface area contributed by atoms with Crippen LogP contribution in [0, 0.1) is 0 Å². The molecular formula is C11H15ClN4O. The summed E-state index contributed by atoms with van der Waals surface area (Å²) in [5, 5.41) is 7.81. The maximum atomic E-state index is 12.2. The summed E-state index contributed by atoms with van der Waals surface area (Å²) < 4.78 is 0. The summed E-state index contributed by atoms with van der Waals surface area (Å²) >= 11 is 5.64. The third-order valence-corrected chi connectivity index (χ3v) is 3.14. The smallest absolute Gasteiger partial charge is 0.274 e. The zero-order valence-corrected chi connectivity index (χ0v) is 10.7. The Morgan fingerprint density at radius 2 is 2.18 bits per heavy atom. The summed E-state index contributed by atoms with van der Waals surface area (Å²) in [6.45, 7) is 4.53. The molecule has 1 aliphatic heterocycles. The zero-order chi connectivity index (χ0) is 12.4. The van der Waals surface area contributed by atoms with E-state index in [9.17, 15) is 4.79 Å². The van der Waals surface area contributed by atoms with E-state index in [0.717, 1.165) is 19.6 Å². The number of carbonyl (C=O) groups is 1. The molecule has 17 heavy (non-hydrogen) atoms. The van der Waals surface area contributed by atoms with Crippen molar-refractivity contribution in [3.05, 3.63) is 23.0 Å². The Hall–Kier alpha value is -1.20. The van der Waals surface area contributed by atoms with E-state index in [4.69, 9.17) is 11.6 Å². The van der Waals surface area contributed by atoms with Gasteiger partial charge in [-0.2, -0.15) is 0 Å². The molecular weight excluding hydrogens is 240 g/mol. The van der Waals surface area contributed by atoms with Crippen molar-refractivity contribution in [1.29, 1.82) is 0 Å². The van der Waals surface area contributed by atoms with Crippen molar-refractivity contribution >= 4 is 17.5 Å². The molecule has 1 atom stereocenters. The number of likely N-dealkylation sites (N-methyl/N-ethyl adjacent to an activating group) is 1. The highest BCUT2D eigenvalue weighted by Gasteiger charge is 2.27. The Balaban J connectivity index is 2.12. The van der Waals surface area contributed by atoms with Crippen LogP contribution in [0.3, 0.4) is 0 Å². The maximum Gasteiger partial charge on any atom is 0.274 e. The van der Waals surface area contributed by atoms with Gasteiger partial charge in [0.2, 0.25) is 0 Å². The first-order chi connectivity index (χ1) is 8.08. The molecule has 1 aromatic rings. The Labute approximate surface area is 105 Å². The lowest BCUT2D eigenvalue weighted by Crippen LogP contribution is -2.52. The molecule has 6 heteroatoms. The first-order valence-electron chi connectivity index (χ1n) is 5.56. The number of hydrogen-bond donors (Lipinski definition) is 0. The predicted octanol–water partition coefficient (Wildman–Crippen LogP) is 0.906. The number of rotatable bonds is 1. The van der Waals surface area contributed by atoms with Crippen molar-refractivity contribution in [3.8, 4) is 0 Å². The van der Waals surface area contributed by atoms with Gasteiger partial charge in [0.25, 0.3) is 5.91 Å². The highest BCUT2D eigenvalue weighted by Crippen LogP contribution is 2.12. The quantitative estimate of drug-likeness (QED) is 0.747. The minimum Gasteiger partial charge on any atom is -0.332 e. The second kappa shape index (κ2) is 4.98. The Morgan fingerprint density at radius 3 is 2.76 bits per heavy atom. The first-order valence-corrected chi connectivity index (χ1v) is 5.94. The minimum atomic E-state index is -0.0743. The average Bonchev–Trinajstić information content (AvgIpc) is 2.29.